The highest BCUT2D eigenvalue weighted by Gasteiger charge is 2.41. The lowest BCUT2D eigenvalue weighted by Crippen LogP contribution is -2.17. The maximum absolute atomic E-state index is 12.6. The third kappa shape index (κ3) is 3.51. The molecule has 0 amide bonds. The lowest BCUT2D eigenvalue weighted by molar-refractivity contribution is -0.144. The van der Waals surface area contributed by atoms with Gasteiger partial charge in [-0.3, -0.25) is 0 Å². The van der Waals surface area contributed by atoms with E-state index in [1.165, 1.54) is 0 Å². The number of hydrogen-bond acceptors (Lipinski definition) is 2. The van der Waals surface area contributed by atoms with Crippen LogP contribution in [0.4, 0.5) is 26.3 Å². The molecule has 0 heterocycles. The van der Waals surface area contributed by atoms with Crippen molar-refractivity contribution in [2.75, 3.05) is 7.11 Å². The third-order valence-electron chi connectivity index (χ3n) is 2.10. The zero-order valence-electron chi connectivity index (χ0n) is 9.12. The van der Waals surface area contributed by atoms with Crippen LogP contribution in [0.5, 0.6) is 0 Å². The van der Waals surface area contributed by atoms with E-state index in [0.717, 1.165) is 29.7 Å². The fourth-order valence-electron chi connectivity index (χ4n) is 1.27. The Morgan fingerprint density at radius 1 is 1.05 bits per heavy atom. The lowest BCUT2D eigenvalue weighted by Gasteiger charge is -2.16. The minimum Gasteiger partial charge on any atom is -0.465 e. The van der Waals surface area contributed by atoms with Gasteiger partial charge in [-0.15, -0.1) is 0 Å². The predicted octanol–water partition coefficient (Wildman–Crippen LogP) is 4.12. The molecule has 0 saturated heterocycles. The molecule has 0 saturated carbocycles. The minimum absolute atomic E-state index is 0.336. The molecule has 0 unspecified atom stereocenters. The van der Waals surface area contributed by atoms with Crippen LogP contribution >= 0.6 is 22.6 Å². The van der Waals surface area contributed by atoms with Crippen LogP contribution in [0.3, 0.4) is 0 Å². The Balaban J connectivity index is 3.62. The molecule has 0 fully saturated rings. The standard InChI is InChI=1S/C10H5F6IO2/c1-19-8(18)4-2-5(9(11,12)13)7(17)6(3-4)10(14,15)16/h2-3H,1H3. The molecule has 19 heavy (non-hydrogen) atoms. The maximum Gasteiger partial charge on any atom is 0.417 e. The Hall–Kier alpha value is -1.00. The topological polar surface area (TPSA) is 26.3 Å². The van der Waals surface area contributed by atoms with Crippen molar-refractivity contribution in [1.29, 1.82) is 0 Å². The quantitative estimate of drug-likeness (QED) is 0.405. The van der Waals surface area contributed by atoms with Gasteiger partial charge in [-0.1, -0.05) is 0 Å². The van der Waals surface area contributed by atoms with Gasteiger partial charge >= 0.3 is 18.3 Å². The normalized spacial score (nSPS) is 12.4. The summed E-state index contributed by atoms with van der Waals surface area (Å²) in [5.74, 6) is -1.27. The van der Waals surface area contributed by atoms with Crippen LogP contribution in [0.2, 0.25) is 0 Å². The summed E-state index contributed by atoms with van der Waals surface area (Å²) in [5.41, 5.74) is -3.85. The summed E-state index contributed by atoms with van der Waals surface area (Å²) in [4.78, 5) is 11.1. The first-order valence-corrected chi connectivity index (χ1v) is 5.62. The highest BCUT2D eigenvalue weighted by atomic mass is 127. The summed E-state index contributed by atoms with van der Waals surface area (Å²) in [7, 11) is 0.862. The Kier molecular flexibility index (Phi) is 4.37. The molecule has 0 aliphatic carbocycles. The van der Waals surface area contributed by atoms with E-state index in [9.17, 15) is 31.1 Å². The van der Waals surface area contributed by atoms with Crippen LogP contribution in [-0.2, 0) is 17.1 Å². The summed E-state index contributed by atoms with van der Waals surface area (Å²) < 4.78 is 79.0. The second kappa shape index (κ2) is 5.17. The molecule has 0 aromatic heterocycles. The summed E-state index contributed by atoms with van der Waals surface area (Å²) in [5, 5.41) is 0. The number of esters is 1. The molecule has 1 aromatic rings. The van der Waals surface area contributed by atoms with Crippen LogP contribution in [0.25, 0.3) is 0 Å². The molecule has 0 atom stereocenters. The van der Waals surface area contributed by atoms with Crippen LogP contribution in [0.1, 0.15) is 21.5 Å². The molecule has 1 aromatic carbocycles. The number of ether oxygens (including phenoxy) is 1. The van der Waals surface area contributed by atoms with Gasteiger partial charge in [0.05, 0.1) is 23.8 Å². The SMILES string of the molecule is COC(=O)c1cc(C(F)(F)F)c(I)c(C(F)(F)F)c1. The van der Waals surface area contributed by atoms with E-state index >= 15 is 0 Å². The van der Waals surface area contributed by atoms with Gasteiger partial charge in [-0.2, -0.15) is 26.3 Å². The number of alkyl halides is 6. The van der Waals surface area contributed by atoms with E-state index in [2.05, 4.69) is 4.74 Å². The number of carbonyl (C=O) groups excluding carboxylic acids is 1. The first kappa shape index (κ1) is 16.1. The molecule has 0 aliphatic rings. The van der Waals surface area contributed by atoms with Crippen molar-refractivity contribution in [3.8, 4) is 0 Å². The van der Waals surface area contributed by atoms with Crippen LogP contribution in [-0.4, -0.2) is 13.1 Å². The largest absolute Gasteiger partial charge is 0.465 e. The van der Waals surface area contributed by atoms with Crippen molar-refractivity contribution in [1.82, 2.24) is 0 Å². The molecule has 0 spiro atoms. The molecule has 9 heteroatoms. The zero-order valence-corrected chi connectivity index (χ0v) is 11.3. The predicted molar refractivity (Wildman–Crippen MR) is 60.5 cm³/mol. The van der Waals surface area contributed by atoms with Crippen molar-refractivity contribution < 1.29 is 35.9 Å². The van der Waals surface area contributed by atoms with Crippen molar-refractivity contribution in [2.24, 2.45) is 0 Å². The summed E-state index contributed by atoms with van der Waals surface area (Å²) in [6.45, 7) is 0. The van der Waals surface area contributed by atoms with Crippen LogP contribution in [0, 0.1) is 3.57 Å². The average Bonchev–Trinajstić information content (AvgIpc) is 2.25. The van der Waals surface area contributed by atoms with Crippen LogP contribution < -0.4 is 0 Å². The monoisotopic (exact) mass is 398 g/mol. The second-order valence-corrected chi connectivity index (χ2v) is 4.45. The minimum atomic E-state index is -5.00. The van der Waals surface area contributed by atoms with Crippen molar-refractivity contribution in [3.05, 3.63) is 32.4 Å². The lowest BCUT2D eigenvalue weighted by atomic mass is 10.0. The highest BCUT2D eigenvalue weighted by molar-refractivity contribution is 14.1. The number of rotatable bonds is 1. The Bertz CT molecular complexity index is 471. The van der Waals surface area contributed by atoms with E-state index in [1.54, 1.807) is 0 Å². The van der Waals surface area contributed by atoms with E-state index in [0.29, 0.717) is 12.1 Å². The van der Waals surface area contributed by atoms with E-state index in [1.807, 2.05) is 0 Å². The van der Waals surface area contributed by atoms with E-state index < -0.39 is 38.6 Å². The molecule has 0 bridgehead atoms. The Labute approximate surface area is 116 Å². The first-order chi connectivity index (χ1) is 8.48. The van der Waals surface area contributed by atoms with Crippen molar-refractivity contribution in [3.63, 3.8) is 0 Å². The molecule has 0 aliphatic heterocycles. The van der Waals surface area contributed by atoms with Gasteiger partial charge < -0.3 is 4.74 Å². The third-order valence-corrected chi connectivity index (χ3v) is 3.27. The van der Waals surface area contributed by atoms with Gasteiger partial charge in [-0.25, -0.2) is 4.79 Å². The van der Waals surface area contributed by atoms with E-state index in [-0.39, 0.29) is 0 Å². The Morgan fingerprint density at radius 3 is 1.68 bits per heavy atom. The van der Waals surface area contributed by atoms with Gasteiger partial charge in [0.1, 0.15) is 0 Å². The van der Waals surface area contributed by atoms with Gasteiger partial charge in [0.15, 0.2) is 0 Å². The first-order valence-electron chi connectivity index (χ1n) is 4.54. The van der Waals surface area contributed by atoms with E-state index in [4.69, 9.17) is 0 Å². The number of hydrogen-bond donors (Lipinski definition) is 0. The van der Waals surface area contributed by atoms with Gasteiger partial charge in [0.25, 0.3) is 0 Å². The van der Waals surface area contributed by atoms with Crippen molar-refractivity contribution in [2.45, 2.75) is 12.4 Å². The molecular weight excluding hydrogens is 393 g/mol. The molecular formula is C10H5F6IO2. The average molecular weight is 398 g/mol. The van der Waals surface area contributed by atoms with Crippen LogP contribution in [0.15, 0.2) is 12.1 Å². The molecule has 1 rings (SSSR count). The zero-order chi connectivity index (χ0) is 15.0. The molecule has 2 nitrogen and oxygen atoms in total. The van der Waals surface area contributed by atoms with Gasteiger partial charge in [0, 0.05) is 3.57 Å². The fourth-order valence-corrected chi connectivity index (χ4v) is 2.20. The summed E-state index contributed by atoms with van der Waals surface area (Å²) >= 11 is 0.951. The molecule has 0 radical (unpaired) electrons. The molecule has 106 valence electrons. The van der Waals surface area contributed by atoms with Crippen molar-refractivity contribution >= 4 is 28.6 Å². The van der Waals surface area contributed by atoms with Gasteiger partial charge in [0.2, 0.25) is 0 Å². The summed E-state index contributed by atoms with van der Waals surface area (Å²) in [6.07, 6.45) is -10.00. The maximum atomic E-state index is 12.6. The number of halogens is 7. The number of methoxy groups -OCH3 is 1. The Morgan fingerprint density at radius 2 is 1.42 bits per heavy atom. The summed E-state index contributed by atoms with van der Waals surface area (Å²) in [6, 6.07) is 0.672. The molecule has 0 N–H and O–H groups in total. The number of carbonyl (C=O) groups is 1. The highest BCUT2D eigenvalue weighted by Crippen LogP contribution is 2.40. The van der Waals surface area contributed by atoms with Gasteiger partial charge in [-0.05, 0) is 34.7 Å². The second-order valence-electron chi connectivity index (χ2n) is 3.37. The number of benzene rings is 1. The smallest absolute Gasteiger partial charge is 0.417 e. The fraction of sp³-hybridized carbons (Fsp3) is 0.300.